The zero-order valence-electron chi connectivity index (χ0n) is 15.9. The number of aryl methyl sites for hydroxylation is 1. The van der Waals surface area contributed by atoms with Crippen LogP contribution in [-0.4, -0.2) is 41.9 Å². The highest BCUT2D eigenvalue weighted by molar-refractivity contribution is 6.21. The number of hydrogen-bond acceptors (Lipinski definition) is 3. The van der Waals surface area contributed by atoms with Crippen LogP contribution in [0, 0.1) is 6.92 Å². The van der Waals surface area contributed by atoms with E-state index in [9.17, 15) is 4.79 Å². The van der Waals surface area contributed by atoms with Gasteiger partial charge in [0.05, 0.1) is 0 Å². The molecule has 1 unspecified atom stereocenters. The lowest BCUT2D eigenvalue weighted by Crippen LogP contribution is -2.48. The number of fused-ring (bicyclic) bond motifs is 1. The summed E-state index contributed by atoms with van der Waals surface area (Å²) in [5.74, 6) is 0.0477. The third-order valence-corrected chi connectivity index (χ3v) is 6.02. The van der Waals surface area contributed by atoms with Crippen molar-refractivity contribution < 1.29 is 4.79 Å². The van der Waals surface area contributed by atoms with E-state index in [4.69, 9.17) is 17.3 Å². The van der Waals surface area contributed by atoms with Crippen LogP contribution >= 0.6 is 11.6 Å². The molecule has 0 aliphatic carbocycles. The van der Waals surface area contributed by atoms with E-state index in [1.807, 2.05) is 4.90 Å². The van der Waals surface area contributed by atoms with Gasteiger partial charge in [-0.2, -0.15) is 0 Å². The van der Waals surface area contributed by atoms with Gasteiger partial charge in [-0.1, -0.05) is 36.4 Å². The molecule has 1 fully saturated rings. The number of halogens is 1. The highest BCUT2D eigenvalue weighted by atomic mass is 35.5. The van der Waals surface area contributed by atoms with E-state index >= 15 is 0 Å². The molecule has 4 nitrogen and oxygen atoms in total. The molecule has 28 heavy (non-hydrogen) atoms. The standard InChI is InChI=1S/C23H24ClN3O/c1-16-6-11-21(20-5-3-2-4-19(16)20)22(24)26-12-14-27(15-13-26)23(28)17-7-9-18(25)10-8-17/h2-11,22H,12-15,25H2,1H3. The van der Waals surface area contributed by atoms with Crippen molar-refractivity contribution >= 4 is 34.0 Å². The van der Waals surface area contributed by atoms with Gasteiger partial charge >= 0.3 is 0 Å². The highest BCUT2D eigenvalue weighted by Gasteiger charge is 2.27. The molecular formula is C23H24ClN3O. The number of carbonyl (C=O) groups is 1. The molecule has 1 heterocycles. The van der Waals surface area contributed by atoms with Gasteiger partial charge in [0.25, 0.3) is 5.91 Å². The van der Waals surface area contributed by atoms with Gasteiger partial charge in [-0.3, -0.25) is 9.69 Å². The summed E-state index contributed by atoms with van der Waals surface area (Å²) >= 11 is 6.89. The Morgan fingerprint density at radius 1 is 0.929 bits per heavy atom. The smallest absolute Gasteiger partial charge is 0.253 e. The van der Waals surface area contributed by atoms with E-state index in [2.05, 4.69) is 48.2 Å². The molecule has 1 aliphatic heterocycles. The van der Waals surface area contributed by atoms with Crippen LogP contribution in [-0.2, 0) is 0 Å². The second kappa shape index (κ2) is 7.82. The molecule has 1 saturated heterocycles. The lowest BCUT2D eigenvalue weighted by Gasteiger charge is -2.37. The number of piperazine rings is 1. The van der Waals surface area contributed by atoms with Gasteiger partial charge in [0.1, 0.15) is 5.50 Å². The fraction of sp³-hybridized carbons (Fsp3) is 0.261. The topological polar surface area (TPSA) is 49.6 Å². The summed E-state index contributed by atoms with van der Waals surface area (Å²) in [4.78, 5) is 16.8. The molecule has 4 rings (SSSR count). The summed E-state index contributed by atoms with van der Waals surface area (Å²) in [7, 11) is 0. The van der Waals surface area contributed by atoms with Gasteiger partial charge in [-0.05, 0) is 53.1 Å². The van der Waals surface area contributed by atoms with Crippen molar-refractivity contribution in [2.45, 2.75) is 12.4 Å². The molecule has 144 valence electrons. The summed E-state index contributed by atoms with van der Waals surface area (Å²) in [5, 5.41) is 2.44. The summed E-state index contributed by atoms with van der Waals surface area (Å²) in [6.45, 7) is 4.94. The van der Waals surface area contributed by atoms with Crippen LogP contribution in [0.4, 0.5) is 5.69 Å². The van der Waals surface area contributed by atoms with Crippen molar-refractivity contribution in [3.8, 4) is 0 Å². The van der Waals surface area contributed by atoms with Crippen LogP contribution in [0.1, 0.15) is 27.0 Å². The van der Waals surface area contributed by atoms with E-state index in [1.165, 1.54) is 16.3 Å². The third-order valence-electron chi connectivity index (χ3n) is 5.51. The Labute approximate surface area is 170 Å². The quantitative estimate of drug-likeness (QED) is 0.407. The van der Waals surface area contributed by atoms with Gasteiger partial charge in [-0.25, -0.2) is 0 Å². The van der Waals surface area contributed by atoms with Crippen LogP contribution in [0.3, 0.4) is 0 Å². The van der Waals surface area contributed by atoms with Crippen LogP contribution in [0.25, 0.3) is 10.8 Å². The Morgan fingerprint density at radius 3 is 2.25 bits per heavy atom. The predicted octanol–water partition coefficient (Wildman–Crippen LogP) is 4.43. The molecule has 0 radical (unpaired) electrons. The first-order chi connectivity index (χ1) is 13.5. The summed E-state index contributed by atoms with van der Waals surface area (Å²) in [6, 6.07) is 19.7. The molecule has 0 saturated carbocycles. The lowest BCUT2D eigenvalue weighted by molar-refractivity contribution is 0.0620. The summed E-state index contributed by atoms with van der Waals surface area (Å²) in [6.07, 6.45) is 0. The number of hydrogen-bond donors (Lipinski definition) is 1. The second-order valence-electron chi connectivity index (χ2n) is 7.30. The molecule has 1 amide bonds. The zero-order valence-corrected chi connectivity index (χ0v) is 16.7. The van der Waals surface area contributed by atoms with Gasteiger partial charge in [0.15, 0.2) is 0 Å². The molecule has 0 aromatic heterocycles. The second-order valence-corrected chi connectivity index (χ2v) is 7.72. The first-order valence-electron chi connectivity index (χ1n) is 9.56. The minimum absolute atomic E-state index is 0.0477. The molecule has 0 bridgehead atoms. The third kappa shape index (κ3) is 3.58. The SMILES string of the molecule is Cc1ccc(C(Cl)N2CCN(C(=O)c3ccc(N)cc3)CC2)c2ccccc12. The average molecular weight is 394 g/mol. The van der Waals surface area contributed by atoms with Crippen molar-refractivity contribution in [2.24, 2.45) is 0 Å². The van der Waals surface area contributed by atoms with E-state index < -0.39 is 0 Å². The Balaban J connectivity index is 1.47. The first-order valence-corrected chi connectivity index (χ1v) is 9.99. The number of benzene rings is 3. The Morgan fingerprint density at radius 2 is 1.57 bits per heavy atom. The maximum absolute atomic E-state index is 12.7. The number of amides is 1. The fourth-order valence-corrected chi connectivity index (χ4v) is 4.22. The zero-order chi connectivity index (χ0) is 19.7. The van der Waals surface area contributed by atoms with Gasteiger partial charge in [-0.15, -0.1) is 11.6 Å². The minimum Gasteiger partial charge on any atom is -0.399 e. The predicted molar refractivity (Wildman–Crippen MR) is 116 cm³/mol. The van der Waals surface area contributed by atoms with Crippen LogP contribution in [0.15, 0.2) is 60.7 Å². The number of carbonyl (C=O) groups excluding carboxylic acids is 1. The molecule has 5 heteroatoms. The molecule has 2 N–H and O–H groups in total. The first kappa shape index (κ1) is 18.8. The monoisotopic (exact) mass is 393 g/mol. The normalized spacial score (nSPS) is 16.3. The van der Waals surface area contributed by atoms with Crippen molar-refractivity contribution in [3.63, 3.8) is 0 Å². The van der Waals surface area contributed by atoms with Crippen molar-refractivity contribution in [3.05, 3.63) is 77.4 Å². The van der Waals surface area contributed by atoms with Gasteiger partial charge in [0.2, 0.25) is 0 Å². The van der Waals surface area contributed by atoms with Crippen LogP contribution < -0.4 is 5.73 Å². The highest BCUT2D eigenvalue weighted by Crippen LogP contribution is 2.33. The minimum atomic E-state index is -0.209. The number of rotatable bonds is 3. The largest absolute Gasteiger partial charge is 0.399 e. The lowest BCUT2D eigenvalue weighted by atomic mass is 9.99. The van der Waals surface area contributed by atoms with Gasteiger partial charge < -0.3 is 10.6 Å². The maximum Gasteiger partial charge on any atom is 0.253 e. The van der Waals surface area contributed by atoms with E-state index in [-0.39, 0.29) is 11.4 Å². The van der Waals surface area contributed by atoms with Crippen molar-refractivity contribution in [2.75, 3.05) is 31.9 Å². The number of anilines is 1. The van der Waals surface area contributed by atoms with Crippen LogP contribution in [0.5, 0.6) is 0 Å². The van der Waals surface area contributed by atoms with Gasteiger partial charge in [0, 0.05) is 37.4 Å². The average Bonchev–Trinajstić information content (AvgIpc) is 2.74. The van der Waals surface area contributed by atoms with Crippen LogP contribution in [0.2, 0.25) is 0 Å². The molecule has 3 aromatic carbocycles. The fourth-order valence-electron chi connectivity index (χ4n) is 3.84. The number of nitrogens with zero attached hydrogens (tertiary/aromatic N) is 2. The Bertz CT molecular complexity index is 994. The number of alkyl halides is 1. The van der Waals surface area contributed by atoms with E-state index in [1.54, 1.807) is 24.3 Å². The molecule has 1 atom stereocenters. The maximum atomic E-state index is 12.7. The van der Waals surface area contributed by atoms with Crippen molar-refractivity contribution in [1.29, 1.82) is 0 Å². The number of nitrogen functional groups attached to an aromatic ring is 1. The van der Waals surface area contributed by atoms with E-state index in [0.29, 0.717) is 24.3 Å². The number of nitrogens with two attached hydrogens (primary N) is 1. The Hall–Kier alpha value is -2.56. The molecular weight excluding hydrogens is 370 g/mol. The summed E-state index contributed by atoms with van der Waals surface area (Å²) < 4.78 is 0. The summed E-state index contributed by atoms with van der Waals surface area (Å²) in [5.41, 5.74) is 9.22. The molecule has 0 spiro atoms. The van der Waals surface area contributed by atoms with Crippen molar-refractivity contribution in [1.82, 2.24) is 9.80 Å². The molecule has 3 aromatic rings. The van der Waals surface area contributed by atoms with E-state index in [0.717, 1.165) is 18.7 Å². The Kier molecular flexibility index (Phi) is 5.25. The molecule has 1 aliphatic rings.